The maximum Gasteiger partial charge on any atom is 0.338 e. The molecule has 2 aliphatic rings. The van der Waals surface area contributed by atoms with Gasteiger partial charge in [0.1, 0.15) is 0 Å². The third-order valence-corrected chi connectivity index (χ3v) is 6.29. The van der Waals surface area contributed by atoms with Crippen LogP contribution in [0.5, 0.6) is 0 Å². The number of ether oxygens (including phenoxy) is 2. The Balaban J connectivity index is 1.68. The smallest absolute Gasteiger partial charge is 0.338 e. The van der Waals surface area contributed by atoms with Crippen molar-refractivity contribution in [3.63, 3.8) is 0 Å². The minimum atomic E-state index is -3.33. The molecule has 0 saturated carbocycles. The summed E-state index contributed by atoms with van der Waals surface area (Å²) in [6, 6.07) is 6.27. The lowest BCUT2D eigenvalue weighted by Gasteiger charge is -2.29. The average molecular weight is 382 g/mol. The fraction of sp³-hybridized carbons (Fsp3) is 0.529. The van der Waals surface area contributed by atoms with Crippen LogP contribution in [-0.2, 0) is 24.3 Å². The van der Waals surface area contributed by atoms with E-state index in [-0.39, 0.29) is 17.2 Å². The Bertz CT molecular complexity index is 788. The summed E-state index contributed by atoms with van der Waals surface area (Å²) < 4.78 is 35.9. The zero-order chi connectivity index (χ0) is 18.7. The van der Waals surface area contributed by atoms with Gasteiger partial charge in [0, 0.05) is 19.6 Å². The minimum Gasteiger partial charge on any atom is -0.449 e. The number of hydrogen-bond acceptors (Lipinski definition) is 6. The molecule has 9 heteroatoms. The summed E-state index contributed by atoms with van der Waals surface area (Å²) in [5.74, 6) is -0.815. The maximum atomic E-state index is 12.4. The van der Waals surface area contributed by atoms with Gasteiger partial charge in [0.05, 0.1) is 30.2 Å². The van der Waals surface area contributed by atoms with Gasteiger partial charge in [-0.1, -0.05) is 6.07 Å². The molecule has 1 aromatic rings. The first kappa shape index (κ1) is 18.7. The lowest BCUT2D eigenvalue weighted by Crippen LogP contribution is -2.46. The van der Waals surface area contributed by atoms with E-state index in [1.165, 1.54) is 17.3 Å². The Morgan fingerprint density at radius 1 is 1.19 bits per heavy atom. The number of carbonyl (C=O) groups excluding carboxylic acids is 2. The van der Waals surface area contributed by atoms with Crippen molar-refractivity contribution < 1.29 is 27.5 Å². The molecule has 0 bridgehead atoms. The molecule has 1 aromatic carbocycles. The fourth-order valence-corrected chi connectivity index (χ4v) is 4.59. The van der Waals surface area contributed by atoms with Crippen LogP contribution in [0.2, 0.25) is 0 Å². The summed E-state index contributed by atoms with van der Waals surface area (Å²) in [5, 5.41) is 0. The Morgan fingerprint density at radius 3 is 2.58 bits per heavy atom. The van der Waals surface area contributed by atoms with Gasteiger partial charge in [0.2, 0.25) is 10.0 Å². The molecule has 8 nitrogen and oxygen atoms in total. The van der Waals surface area contributed by atoms with E-state index in [9.17, 15) is 18.0 Å². The SMILES string of the molecule is CC(OC(=O)c1cccc(N2CCCS2(=O)=O)c1)C(=O)N1CCOCC1. The van der Waals surface area contributed by atoms with E-state index < -0.39 is 22.1 Å². The molecule has 3 rings (SSSR count). The van der Waals surface area contributed by atoms with Crippen LogP contribution in [0.3, 0.4) is 0 Å². The topological polar surface area (TPSA) is 93.2 Å². The first-order chi connectivity index (χ1) is 12.4. The van der Waals surface area contributed by atoms with E-state index in [0.29, 0.717) is 45.0 Å². The number of esters is 1. The van der Waals surface area contributed by atoms with Crippen LogP contribution >= 0.6 is 0 Å². The zero-order valence-electron chi connectivity index (χ0n) is 14.6. The lowest BCUT2D eigenvalue weighted by molar-refractivity contribution is -0.143. The molecule has 1 unspecified atom stereocenters. The zero-order valence-corrected chi connectivity index (χ0v) is 15.4. The Hall–Kier alpha value is -2.13. The largest absolute Gasteiger partial charge is 0.449 e. The second-order valence-corrected chi connectivity index (χ2v) is 8.29. The first-order valence-corrected chi connectivity index (χ1v) is 10.2. The molecular weight excluding hydrogens is 360 g/mol. The van der Waals surface area contributed by atoms with Gasteiger partial charge in [0.25, 0.3) is 5.91 Å². The number of amides is 1. The van der Waals surface area contributed by atoms with E-state index in [1.807, 2.05) is 0 Å². The van der Waals surface area contributed by atoms with Gasteiger partial charge in [-0.2, -0.15) is 0 Å². The first-order valence-electron chi connectivity index (χ1n) is 8.56. The Labute approximate surface area is 152 Å². The average Bonchev–Trinajstić information content (AvgIpc) is 3.01. The van der Waals surface area contributed by atoms with Crippen LogP contribution in [0.1, 0.15) is 23.7 Å². The predicted octanol–water partition coefficient (Wildman–Crippen LogP) is 0.631. The van der Waals surface area contributed by atoms with Gasteiger partial charge in [-0.3, -0.25) is 9.10 Å². The van der Waals surface area contributed by atoms with Crippen LogP contribution in [0, 0.1) is 0 Å². The summed E-state index contributed by atoms with van der Waals surface area (Å²) in [5.41, 5.74) is 0.648. The standard InChI is InChI=1S/C17H22N2O6S/c1-13(16(20)18-7-9-24-10-8-18)25-17(21)14-4-2-5-15(12-14)19-6-3-11-26(19,22)23/h2,4-5,12-13H,3,6-11H2,1H3. The number of rotatable bonds is 4. The highest BCUT2D eigenvalue weighted by Gasteiger charge is 2.29. The monoisotopic (exact) mass is 382 g/mol. The molecule has 2 heterocycles. The second-order valence-electron chi connectivity index (χ2n) is 6.28. The molecule has 1 amide bonds. The number of carbonyl (C=O) groups is 2. The van der Waals surface area contributed by atoms with Gasteiger partial charge >= 0.3 is 5.97 Å². The predicted molar refractivity (Wildman–Crippen MR) is 94.5 cm³/mol. The van der Waals surface area contributed by atoms with Crippen LogP contribution in [0.15, 0.2) is 24.3 Å². The second kappa shape index (κ2) is 7.63. The summed E-state index contributed by atoms with van der Waals surface area (Å²) in [6.45, 7) is 3.82. The molecule has 0 radical (unpaired) electrons. The van der Waals surface area contributed by atoms with E-state index >= 15 is 0 Å². The third-order valence-electron chi connectivity index (χ3n) is 4.42. The van der Waals surface area contributed by atoms with Crippen molar-refractivity contribution in [1.29, 1.82) is 0 Å². The van der Waals surface area contributed by atoms with E-state index in [4.69, 9.17) is 9.47 Å². The quantitative estimate of drug-likeness (QED) is 0.709. The number of anilines is 1. The highest BCUT2D eigenvalue weighted by atomic mass is 32.2. The molecule has 26 heavy (non-hydrogen) atoms. The molecule has 2 aliphatic heterocycles. The lowest BCUT2D eigenvalue weighted by atomic mass is 10.2. The third kappa shape index (κ3) is 3.99. The number of sulfonamides is 1. The molecule has 0 N–H and O–H groups in total. The molecule has 0 aromatic heterocycles. The molecule has 2 saturated heterocycles. The molecule has 1 atom stereocenters. The number of nitrogens with zero attached hydrogens (tertiary/aromatic N) is 2. The summed E-state index contributed by atoms with van der Waals surface area (Å²) in [7, 11) is -3.33. The summed E-state index contributed by atoms with van der Waals surface area (Å²) in [6.07, 6.45) is -0.359. The normalized spacial score (nSPS) is 20.7. The van der Waals surface area contributed by atoms with Crippen molar-refractivity contribution >= 4 is 27.6 Å². The van der Waals surface area contributed by atoms with Crippen LogP contribution in [-0.4, -0.2) is 69.9 Å². The van der Waals surface area contributed by atoms with Gasteiger partial charge < -0.3 is 14.4 Å². The number of hydrogen-bond donors (Lipinski definition) is 0. The Kier molecular flexibility index (Phi) is 5.47. The van der Waals surface area contributed by atoms with Gasteiger partial charge in [-0.25, -0.2) is 13.2 Å². The molecule has 0 aliphatic carbocycles. The molecular formula is C17H22N2O6S. The van der Waals surface area contributed by atoms with Crippen LogP contribution < -0.4 is 4.31 Å². The van der Waals surface area contributed by atoms with E-state index in [0.717, 1.165) is 0 Å². The number of benzene rings is 1. The van der Waals surface area contributed by atoms with E-state index in [1.54, 1.807) is 23.1 Å². The Morgan fingerprint density at radius 2 is 1.92 bits per heavy atom. The van der Waals surface area contributed by atoms with Crippen molar-refractivity contribution in [2.24, 2.45) is 0 Å². The maximum absolute atomic E-state index is 12.4. The minimum absolute atomic E-state index is 0.104. The summed E-state index contributed by atoms with van der Waals surface area (Å²) >= 11 is 0. The van der Waals surface area contributed by atoms with Crippen LogP contribution in [0.4, 0.5) is 5.69 Å². The van der Waals surface area contributed by atoms with Crippen LogP contribution in [0.25, 0.3) is 0 Å². The number of morpholine rings is 1. The van der Waals surface area contributed by atoms with Gasteiger partial charge in [0.15, 0.2) is 6.10 Å². The van der Waals surface area contributed by atoms with Crippen molar-refractivity contribution in [1.82, 2.24) is 4.90 Å². The molecule has 0 spiro atoms. The molecule has 142 valence electrons. The fourth-order valence-electron chi connectivity index (χ4n) is 3.04. The highest BCUT2D eigenvalue weighted by molar-refractivity contribution is 7.93. The van der Waals surface area contributed by atoms with Crippen molar-refractivity contribution in [2.75, 3.05) is 42.9 Å². The van der Waals surface area contributed by atoms with Gasteiger partial charge in [-0.05, 0) is 31.5 Å². The summed E-state index contributed by atoms with van der Waals surface area (Å²) in [4.78, 5) is 26.3. The van der Waals surface area contributed by atoms with Gasteiger partial charge in [-0.15, -0.1) is 0 Å². The highest BCUT2D eigenvalue weighted by Crippen LogP contribution is 2.25. The van der Waals surface area contributed by atoms with Crippen molar-refractivity contribution in [3.05, 3.63) is 29.8 Å². The van der Waals surface area contributed by atoms with E-state index in [2.05, 4.69) is 0 Å². The molecule has 2 fully saturated rings. The van der Waals surface area contributed by atoms with Crippen molar-refractivity contribution in [3.8, 4) is 0 Å². The van der Waals surface area contributed by atoms with Crippen molar-refractivity contribution in [2.45, 2.75) is 19.4 Å².